The van der Waals surface area contributed by atoms with E-state index in [1.54, 1.807) is 42.5 Å². The molecule has 35 heavy (non-hydrogen) atoms. The molecule has 0 spiro atoms. The lowest BCUT2D eigenvalue weighted by molar-refractivity contribution is -0.122. The number of amides is 1. The van der Waals surface area contributed by atoms with Crippen molar-refractivity contribution in [3.63, 3.8) is 0 Å². The molecule has 0 saturated heterocycles. The van der Waals surface area contributed by atoms with E-state index in [-0.39, 0.29) is 10.6 Å². The molecule has 0 N–H and O–H groups in total. The third kappa shape index (κ3) is 4.34. The highest BCUT2D eigenvalue weighted by Gasteiger charge is 2.37. The molecule has 4 aromatic rings. The maximum absolute atomic E-state index is 14.1. The summed E-state index contributed by atoms with van der Waals surface area (Å²) in [6.45, 7) is 2.30. The zero-order valence-corrected chi connectivity index (χ0v) is 20.9. The van der Waals surface area contributed by atoms with E-state index in [0.29, 0.717) is 46.3 Å². The summed E-state index contributed by atoms with van der Waals surface area (Å²) < 4.78 is 40.4. The SMILES string of the molecule is CCOc1ccc(S(=O)(=O)N(C(=O)C2CCCCC2)c2cc3sc(=O)oc3c3ccccc23)cc1. The number of hydrogen-bond acceptors (Lipinski definition) is 7. The van der Waals surface area contributed by atoms with E-state index >= 15 is 0 Å². The van der Waals surface area contributed by atoms with Crippen LogP contribution in [0.25, 0.3) is 21.1 Å². The van der Waals surface area contributed by atoms with Crippen LogP contribution in [0.2, 0.25) is 0 Å². The predicted octanol–water partition coefficient (Wildman–Crippen LogP) is 5.71. The second-order valence-electron chi connectivity index (χ2n) is 8.57. The molecule has 1 heterocycles. The van der Waals surface area contributed by atoms with Gasteiger partial charge in [0, 0.05) is 16.7 Å². The van der Waals surface area contributed by atoms with E-state index in [1.165, 1.54) is 12.1 Å². The van der Waals surface area contributed by atoms with Gasteiger partial charge in [0.1, 0.15) is 5.75 Å². The van der Waals surface area contributed by atoms with Crippen LogP contribution in [0.4, 0.5) is 5.69 Å². The topological polar surface area (TPSA) is 93.9 Å². The van der Waals surface area contributed by atoms with E-state index in [0.717, 1.165) is 34.9 Å². The van der Waals surface area contributed by atoms with Crippen molar-refractivity contribution >= 4 is 54.0 Å². The van der Waals surface area contributed by atoms with Crippen molar-refractivity contribution < 1.29 is 22.4 Å². The molecule has 0 bridgehead atoms. The van der Waals surface area contributed by atoms with Crippen LogP contribution in [-0.4, -0.2) is 20.9 Å². The third-order valence-electron chi connectivity index (χ3n) is 6.36. The van der Waals surface area contributed by atoms with E-state index in [1.807, 2.05) is 6.92 Å². The second-order valence-corrected chi connectivity index (χ2v) is 11.3. The van der Waals surface area contributed by atoms with Gasteiger partial charge in [0.2, 0.25) is 5.91 Å². The van der Waals surface area contributed by atoms with Crippen molar-refractivity contribution in [3.8, 4) is 5.75 Å². The van der Waals surface area contributed by atoms with E-state index in [2.05, 4.69) is 0 Å². The Labute approximate surface area is 207 Å². The van der Waals surface area contributed by atoms with Gasteiger partial charge >= 0.3 is 4.94 Å². The van der Waals surface area contributed by atoms with Crippen molar-refractivity contribution in [3.05, 3.63) is 64.3 Å². The highest BCUT2D eigenvalue weighted by Crippen LogP contribution is 2.39. The van der Waals surface area contributed by atoms with Crippen LogP contribution in [0, 0.1) is 5.92 Å². The Balaban J connectivity index is 1.73. The Morgan fingerprint density at radius 3 is 2.43 bits per heavy atom. The summed E-state index contributed by atoms with van der Waals surface area (Å²) in [6, 6.07) is 14.7. The van der Waals surface area contributed by atoms with E-state index in [9.17, 15) is 18.0 Å². The Bertz CT molecular complexity index is 1550. The molecular formula is C26H25NO6S2. The molecule has 0 aliphatic heterocycles. The van der Waals surface area contributed by atoms with Gasteiger partial charge in [0.25, 0.3) is 10.0 Å². The fourth-order valence-electron chi connectivity index (χ4n) is 4.71. The average molecular weight is 512 g/mol. The molecule has 1 fully saturated rings. The van der Waals surface area contributed by atoms with Crippen LogP contribution in [-0.2, 0) is 14.8 Å². The molecule has 0 radical (unpaired) electrons. The fourth-order valence-corrected chi connectivity index (χ4v) is 6.92. The molecule has 1 amide bonds. The number of sulfonamides is 1. The van der Waals surface area contributed by atoms with Crippen LogP contribution in [0.5, 0.6) is 5.75 Å². The quantitative estimate of drug-likeness (QED) is 0.329. The van der Waals surface area contributed by atoms with Crippen molar-refractivity contribution in [1.29, 1.82) is 0 Å². The standard InChI is InChI=1S/C26H25NO6S2/c1-2-32-18-12-14-19(15-13-18)35(30,31)27(25(28)17-8-4-3-5-9-17)22-16-23-24(33-26(29)34-23)21-11-7-6-10-20(21)22/h6-7,10-17H,2-5,8-9H2,1H3. The molecule has 1 aliphatic rings. The first-order valence-electron chi connectivity index (χ1n) is 11.7. The number of fused-ring (bicyclic) bond motifs is 3. The van der Waals surface area contributed by atoms with Gasteiger partial charge in [-0.15, -0.1) is 0 Å². The highest BCUT2D eigenvalue weighted by atomic mass is 32.2. The number of hydrogen-bond donors (Lipinski definition) is 0. The molecule has 1 aliphatic carbocycles. The fraction of sp³-hybridized carbons (Fsp3) is 0.308. The molecule has 1 aromatic heterocycles. The van der Waals surface area contributed by atoms with Gasteiger partial charge in [0.15, 0.2) is 5.58 Å². The molecule has 7 nitrogen and oxygen atoms in total. The summed E-state index contributed by atoms with van der Waals surface area (Å²) in [5, 5.41) is 1.11. The molecular weight excluding hydrogens is 486 g/mol. The Kier molecular flexibility index (Phi) is 6.37. The van der Waals surface area contributed by atoms with Crippen LogP contribution >= 0.6 is 11.3 Å². The lowest BCUT2D eigenvalue weighted by atomic mass is 9.88. The first-order chi connectivity index (χ1) is 16.9. The normalized spacial score (nSPS) is 14.9. The van der Waals surface area contributed by atoms with Crippen molar-refractivity contribution in [1.82, 2.24) is 0 Å². The van der Waals surface area contributed by atoms with Crippen LogP contribution in [0.3, 0.4) is 0 Å². The Hall–Kier alpha value is -3.17. The van der Waals surface area contributed by atoms with Gasteiger partial charge in [-0.25, -0.2) is 17.5 Å². The lowest BCUT2D eigenvalue weighted by Gasteiger charge is -2.29. The van der Waals surface area contributed by atoms with Crippen molar-refractivity contribution in [2.75, 3.05) is 10.9 Å². The highest BCUT2D eigenvalue weighted by molar-refractivity contribution is 7.93. The largest absolute Gasteiger partial charge is 0.494 e. The van der Waals surface area contributed by atoms with Gasteiger partial charge < -0.3 is 9.15 Å². The van der Waals surface area contributed by atoms with Crippen LogP contribution in [0.1, 0.15) is 39.0 Å². The second kappa shape index (κ2) is 9.47. The molecule has 0 unspecified atom stereocenters. The molecule has 0 atom stereocenters. The third-order valence-corrected chi connectivity index (χ3v) is 8.86. The Morgan fingerprint density at radius 1 is 1.06 bits per heavy atom. The predicted molar refractivity (Wildman–Crippen MR) is 137 cm³/mol. The minimum Gasteiger partial charge on any atom is -0.494 e. The maximum atomic E-state index is 14.1. The Morgan fingerprint density at radius 2 is 1.74 bits per heavy atom. The zero-order chi connectivity index (χ0) is 24.6. The molecule has 3 aromatic carbocycles. The molecule has 9 heteroatoms. The van der Waals surface area contributed by atoms with Crippen molar-refractivity contribution in [2.24, 2.45) is 5.92 Å². The van der Waals surface area contributed by atoms with Gasteiger partial charge in [0.05, 0.1) is 21.9 Å². The summed E-state index contributed by atoms with van der Waals surface area (Å²) in [5.74, 6) is -0.288. The smallest absolute Gasteiger partial charge is 0.396 e. The summed E-state index contributed by atoms with van der Waals surface area (Å²) in [5.41, 5.74) is 0.623. The van der Waals surface area contributed by atoms with Gasteiger partial charge in [-0.2, -0.15) is 0 Å². The monoisotopic (exact) mass is 511 g/mol. The molecule has 1 saturated carbocycles. The summed E-state index contributed by atoms with van der Waals surface area (Å²) in [6.07, 6.45) is 4.10. The lowest BCUT2D eigenvalue weighted by Crippen LogP contribution is -2.41. The van der Waals surface area contributed by atoms with Crippen LogP contribution in [0.15, 0.2) is 68.7 Å². The number of benzene rings is 3. The average Bonchev–Trinajstić information content (AvgIpc) is 3.25. The minimum atomic E-state index is -4.26. The van der Waals surface area contributed by atoms with E-state index in [4.69, 9.17) is 9.15 Å². The number of nitrogens with zero attached hydrogens (tertiary/aromatic N) is 1. The summed E-state index contributed by atoms with van der Waals surface area (Å²) >= 11 is 0.888. The van der Waals surface area contributed by atoms with E-state index < -0.39 is 26.8 Å². The zero-order valence-electron chi connectivity index (χ0n) is 19.2. The number of anilines is 1. The molecule has 182 valence electrons. The summed E-state index contributed by atoms with van der Waals surface area (Å²) in [7, 11) is -4.26. The number of carbonyl (C=O) groups is 1. The van der Waals surface area contributed by atoms with Gasteiger partial charge in [-0.05, 0) is 50.1 Å². The first kappa shape index (κ1) is 23.6. The number of ether oxygens (including phenoxy) is 1. The summed E-state index contributed by atoms with van der Waals surface area (Å²) in [4.78, 5) is 25.5. The number of carbonyl (C=O) groups excluding carboxylic acids is 1. The van der Waals surface area contributed by atoms with Gasteiger partial charge in [-0.1, -0.05) is 54.9 Å². The van der Waals surface area contributed by atoms with Crippen molar-refractivity contribution in [2.45, 2.75) is 43.9 Å². The van der Waals surface area contributed by atoms with Gasteiger partial charge in [-0.3, -0.25) is 4.79 Å². The first-order valence-corrected chi connectivity index (χ1v) is 13.9. The minimum absolute atomic E-state index is 0.00493. The number of rotatable bonds is 6. The molecule has 5 rings (SSSR count). The van der Waals surface area contributed by atoms with Crippen LogP contribution < -0.4 is 14.0 Å². The maximum Gasteiger partial charge on any atom is 0.396 e.